The minimum absolute atomic E-state index is 0.0865. The number of amides is 2. The standard InChI is InChI=1S/C30H37N3O4/c34-19-24(16-20-7-2-1-3-8-20)32-29(35)27(17-23-18-31-26-12-5-4-11-25(23)26)33-30(36)37-28-14-13-21-9-6-10-22(28)15-21/h1-5,7-8,11-12,18,21-22,24,27-28,31,34H,6,9-10,13-17,19H2,(H,32,35)(H,33,36). The number of aromatic amines is 1. The van der Waals surface area contributed by atoms with E-state index in [1.165, 1.54) is 12.8 Å². The highest BCUT2D eigenvalue weighted by Crippen LogP contribution is 2.41. The van der Waals surface area contributed by atoms with Gasteiger partial charge in [-0.25, -0.2) is 4.79 Å². The van der Waals surface area contributed by atoms with Gasteiger partial charge in [0.1, 0.15) is 12.1 Å². The number of ether oxygens (including phenoxy) is 1. The van der Waals surface area contributed by atoms with Crippen molar-refractivity contribution in [2.45, 2.75) is 69.6 Å². The highest BCUT2D eigenvalue weighted by Gasteiger charge is 2.36. The lowest BCUT2D eigenvalue weighted by Gasteiger charge is -2.39. The number of aliphatic hydroxyl groups excluding tert-OH is 1. The minimum Gasteiger partial charge on any atom is -0.446 e. The van der Waals surface area contributed by atoms with E-state index >= 15 is 0 Å². The summed E-state index contributed by atoms with van der Waals surface area (Å²) in [6.45, 7) is -0.199. The molecule has 2 aliphatic rings. The van der Waals surface area contributed by atoms with Crippen molar-refractivity contribution in [1.29, 1.82) is 0 Å². The fourth-order valence-electron chi connectivity index (χ4n) is 6.13. The molecule has 0 aliphatic heterocycles. The van der Waals surface area contributed by atoms with E-state index in [-0.39, 0.29) is 18.6 Å². The van der Waals surface area contributed by atoms with Crippen molar-refractivity contribution in [3.05, 3.63) is 71.9 Å². The lowest BCUT2D eigenvalue weighted by Crippen LogP contribution is -2.52. The van der Waals surface area contributed by atoms with E-state index in [0.717, 1.165) is 53.6 Å². The first-order valence-electron chi connectivity index (χ1n) is 13.6. The molecule has 2 fully saturated rings. The quantitative estimate of drug-likeness (QED) is 0.345. The second-order valence-electron chi connectivity index (χ2n) is 10.7. The summed E-state index contributed by atoms with van der Waals surface area (Å²) in [6, 6.07) is 16.3. The van der Waals surface area contributed by atoms with Crippen LogP contribution in [0.25, 0.3) is 10.9 Å². The highest BCUT2D eigenvalue weighted by molar-refractivity contribution is 5.88. The van der Waals surface area contributed by atoms with Gasteiger partial charge in [-0.05, 0) is 61.1 Å². The molecule has 5 atom stereocenters. The molecule has 2 aromatic carbocycles. The van der Waals surface area contributed by atoms with E-state index in [1.54, 1.807) is 0 Å². The third kappa shape index (κ3) is 6.34. The summed E-state index contributed by atoms with van der Waals surface area (Å²) in [5, 5.41) is 16.8. The fourth-order valence-corrected chi connectivity index (χ4v) is 6.13. The van der Waals surface area contributed by atoms with Crippen molar-refractivity contribution in [2.75, 3.05) is 6.61 Å². The van der Waals surface area contributed by atoms with Crippen LogP contribution in [0, 0.1) is 11.8 Å². The largest absolute Gasteiger partial charge is 0.446 e. The molecule has 2 saturated carbocycles. The van der Waals surface area contributed by atoms with Crippen LogP contribution in [-0.2, 0) is 22.4 Å². The molecule has 3 aromatic rings. The number of aliphatic hydroxyl groups is 1. The first kappa shape index (κ1) is 25.3. The molecular formula is C30H37N3O4. The molecule has 5 unspecified atom stereocenters. The van der Waals surface area contributed by atoms with Gasteiger partial charge in [0.2, 0.25) is 5.91 Å². The van der Waals surface area contributed by atoms with Crippen LogP contribution in [0.5, 0.6) is 0 Å². The van der Waals surface area contributed by atoms with Gasteiger partial charge in [0, 0.05) is 23.5 Å². The summed E-state index contributed by atoms with van der Waals surface area (Å²) < 4.78 is 5.90. The molecule has 0 radical (unpaired) electrons. The van der Waals surface area contributed by atoms with Crippen LogP contribution in [0.2, 0.25) is 0 Å². The van der Waals surface area contributed by atoms with Crippen molar-refractivity contribution in [1.82, 2.24) is 15.6 Å². The zero-order chi connectivity index (χ0) is 25.6. The van der Waals surface area contributed by atoms with Gasteiger partial charge in [0.25, 0.3) is 0 Å². The summed E-state index contributed by atoms with van der Waals surface area (Å²) >= 11 is 0. The number of para-hydroxylation sites is 1. The normalized spacial score (nSPS) is 22.7. The number of carbonyl (C=O) groups is 2. The zero-order valence-corrected chi connectivity index (χ0v) is 21.2. The first-order valence-corrected chi connectivity index (χ1v) is 13.6. The van der Waals surface area contributed by atoms with Gasteiger partial charge in [0.15, 0.2) is 0 Å². The Morgan fingerprint density at radius 3 is 2.62 bits per heavy atom. The van der Waals surface area contributed by atoms with E-state index in [0.29, 0.717) is 18.8 Å². The van der Waals surface area contributed by atoms with Gasteiger partial charge in [-0.15, -0.1) is 0 Å². The Bertz CT molecular complexity index is 1190. The molecule has 7 nitrogen and oxygen atoms in total. The molecule has 37 heavy (non-hydrogen) atoms. The van der Waals surface area contributed by atoms with Crippen LogP contribution in [0.15, 0.2) is 60.8 Å². The smallest absolute Gasteiger partial charge is 0.408 e. The fraction of sp³-hybridized carbons (Fsp3) is 0.467. The van der Waals surface area contributed by atoms with Crippen LogP contribution < -0.4 is 10.6 Å². The summed E-state index contributed by atoms with van der Waals surface area (Å²) in [6.07, 6.45) is 8.78. The van der Waals surface area contributed by atoms with E-state index in [4.69, 9.17) is 4.74 Å². The van der Waals surface area contributed by atoms with Gasteiger partial charge < -0.3 is 25.5 Å². The van der Waals surface area contributed by atoms with Crippen molar-refractivity contribution in [3.8, 4) is 0 Å². The number of rotatable bonds is 9. The number of aromatic nitrogens is 1. The summed E-state index contributed by atoms with van der Waals surface area (Å²) in [5.41, 5.74) is 2.93. The minimum atomic E-state index is -0.834. The molecule has 0 saturated heterocycles. The lowest BCUT2D eigenvalue weighted by atomic mass is 9.71. The number of nitrogens with one attached hydrogen (secondary N) is 3. The van der Waals surface area contributed by atoms with Gasteiger partial charge in [-0.3, -0.25) is 4.79 Å². The lowest BCUT2D eigenvalue weighted by molar-refractivity contribution is -0.124. The Morgan fingerprint density at radius 1 is 0.973 bits per heavy atom. The molecule has 0 spiro atoms. The SMILES string of the molecule is O=C(NC(Cc1c[nH]c2ccccc12)C(=O)NC(CO)Cc1ccccc1)OC1CCC2CCCC1C2. The monoisotopic (exact) mass is 503 g/mol. The van der Waals surface area contributed by atoms with Gasteiger partial charge in [0.05, 0.1) is 12.6 Å². The van der Waals surface area contributed by atoms with E-state index in [2.05, 4.69) is 15.6 Å². The number of benzene rings is 2. The van der Waals surface area contributed by atoms with Gasteiger partial charge >= 0.3 is 6.09 Å². The van der Waals surface area contributed by atoms with Crippen molar-refractivity contribution in [2.24, 2.45) is 11.8 Å². The van der Waals surface area contributed by atoms with Crippen molar-refractivity contribution < 1.29 is 19.4 Å². The second-order valence-corrected chi connectivity index (χ2v) is 10.7. The topological polar surface area (TPSA) is 103 Å². The van der Waals surface area contributed by atoms with Crippen molar-refractivity contribution >= 4 is 22.9 Å². The Hall–Kier alpha value is -3.32. The van der Waals surface area contributed by atoms with Crippen LogP contribution >= 0.6 is 0 Å². The van der Waals surface area contributed by atoms with E-state index in [9.17, 15) is 14.7 Å². The number of hydrogen-bond acceptors (Lipinski definition) is 4. The highest BCUT2D eigenvalue weighted by atomic mass is 16.6. The van der Waals surface area contributed by atoms with Gasteiger partial charge in [-0.1, -0.05) is 61.4 Å². The molecular weight excluding hydrogens is 466 g/mol. The van der Waals surface area contributed by atoms with E-state index < -0.39 is 18.2 Å². The Morgan fingerprint density at radius 2 is 1.78 bits per heavy atom. The molecule has 2 amide bonds. The molecule has 4 N–H and O–H groups in total. The molecule has 5 rings (SSSR count). The molecule has 2 bridgehead atoms. The molecule has 196 valence electrons. The van der Waals surface area contributed by atoms with E-state index in [1.807, 2.05) is 60.8 Å². The summed E-state index contributed by atoms with van der Waals surface area (Å²) in [5.74, 6) is 0.851. The van der Waals surface area contributed by atoms with Gasteiger partial charge in [-0.2, -0.15) is 0 Å². The number of fused-ring (bicyclic) bond motifs is 3. The average molecular weight is 504 g/mol. The Kier molecular flexibility index (Phi) is 8.09. The third-order valence-corrected chi connectivity index (χ3v) is 8.07. The third-order valence-electron chi connectivity index (χ3n) is 8.07. The van der Waals surface area contributed by atoms with Crippen molar-refractivity contribution in [3.63, 3.8) is 0 Å². The van der Waals surface area contributed by atoms with Crippen LogP contribution in [0.1, 0.15) is 49.7 Å². The predicted molar refractivity (Wildman–Crippen MR) is 143 cm³/mol. The number of hydrogen-bond donors (Lipinski definition) is 4. The summed E-state index contributed by atoms with van der Waals surface area (Å²) in [7, 11) is 0. The zero-order valence-electron chi connectivity index (χ0n) is 21.2. The predicted octanol–water partition coefficient (Wildman–Crippen LogP) is 4.49. The Labute approximate surface area is 218 Å². The summed E-state index contributed by atoms with van der Waals surface area (Å²) in [4.78, 5) is 29.8. The first-order chi connectivity index (χ1) is 18.1. The molecule has 7 heteroatoms. The molecule has 1 heterocycles. The maximum absolute atomic E-state index is 13.5. The van der Waals surface area contributed by atoms with Crippen LogP contribution in [0.3, 0.4) is 0 Å². The Balaban J connectivity index is 1.29. The molecule has 2 aliphatic carbocycles. The average Bonchev–Trinajstić information content (AvgIpc) is 3.33. The molecule has 1 aromatic heterocycles. The van der Waals surface area contributed by atoms with Crippen LogP contribution in [0.4, 0.5) is 4.79 Å². The maximum atomic E-state index is 13.5. The van der Waals surface area contributed by atoms with Crippen LogP contribution in [-0.4, -0.2) is 46.9 Å². The number of carbonyl (C=O) groups excluding carboxylic acids is 2. The number of H-pyrrole nitrogens is 1. The maximum Gasteiger partial charge on any atom is 0.408 e. The second kappa shape index (κ2) is 11.8. The number of alkyl carbamates (subject to hydrolysis) is 1.